The number of rotatable bonds is 3. The Labute approximate surface area is 156 Å². The number of aromatic nitrogens is 2. The van der Waals surface area contributed by atoms with E-state index in [2.05, 4.69) is 20.9 Å². The summed E-state index contributed by atoms with van der Waals surface area (Å²) in [6, 6.07) is 13.3. The highest BCUT2D eigenvalue weighted by atomic mass is 16.5. The first-order valence-corrected chi connectivity index (χ1v) is 8.75. The number of nitriles is 1. The van der Waals surface area contributed by atoms with Gasteiger partial charge in [0.05, 0.1) is 12.7 Å². The van der Waals surface area contributed by atoms with E-state index in [4.69, 9.17) is 4.74 Å². The zero-order chi connectivity index (χ0) is 18.8. The van der Waals surface area contributed by atoms with Crippen molar-refractivity contribution in [1.82, 2.24) is 14.9 Å². The largest absolute Gasteiger partial charge is 0.497 e. The third-order valence-corrected chi connectivity index (χ3v) is 4.83. The Balaban J connectivity index is 1.48. The molecule has 4 rings (SSSR count). The number of aromatic amines is 1. The number of carbonyl (C=O) groups is 1. The van der Waals surface area contributed by atoms with Crippen molar-refractivity contribution >= 4 is 22.6 Å². The van der Waals surface area contributed by atoms with Crippen molar-refractivity contribution in [3.05, 3.63) is 53.9 Å². The van der Waals surface area contributed by atoms with Crippen LogP contribution in [0.3, 0.4) is 0 Å². The molecule has 1 aliphatic heterocycles. The average Bonchev–Trinajstić information content (AvgIpc) is 3.16. The number of piperazine rings is 1. The fourth-order valence-electron chi connectivity index (χ4n) is 3.38. The molecule has 7 heteroatoms. The summed E-state index contributed by atoms with van der Waals surface area (Å²) in [5.74, 6) is 1.41. The Bertz CT molecular complexity index is 1030. The van der Waals surface area contributed by atoms with E-state index in [1.54, 1.807) is 25.4 Å². The molecule has 1 N–H and O–H groups in total. The number of carbonyl (C=O) groups excluding carboxylic acids is 1. The molecular weight excluding hydrogens is 342 g/mol. The van der Waals surface area contributed by atoms with E-state index in [1.165, 1.54) is 0 Å². The van der Waals surface area contributed by atoms with Crippen LogP contribution in [-0.4, -0.2) is 54.1 Å². The fraction of sp³-hybridized carbons (Fsp3) is 0.250. The molecule has 1 aliphatic rings. The second-order valence-corrected chi connectivity index (χ2v) is 6.40. The minimum atomic E-state index is -0.0219. The molecule has 0 atom stereocenters. The first kappa shape index (κ1) is 16.9. The number of anilines is 1. The van der Waals surface area contributed by atoms with E-state index in [1.807, 2.05) is 29.2 Å². The van der Waals surface area contributed by atoms with Crippen LogP contribution >= 0.6 is 0 Å². The maximum atomic E-state index is 12.9. The molecule has 1 fully saturated rings. The van der Waals surface area contributed by atoms with Gasteiger partial charge >= 0.3 is 0 Å². The predicted molar refractivity (Wildman–Crippen MR) is 102 cm³/mol. The van der Waals surface area contributed by atoms with E-state index in [9.17, 15) is 10.1 Å². The average molecular weight is 361 g/mol. The highest BCUT2D eigenvalue weighted by Crippen LogP contribution is 2.23. The number of hydrogen-bond acceptors (Lipinski definition) is 5. The molecule has 2 aromatic heterocycles. The summed E-state index contributed by atoms with van der Waals surface area (Å²) < 4.78 is 5.23. The molecule has 0 unspecified atom stereocenters. The van der Waals surface area contributed by atoms with Gasteiger partial charge in [0.1, 0.15) is 23.3 Å². The minimum Gasteiger partial charge on any atom is -0.497 e. The van der Waals surface area contributed by atoms with Gasteiger partial charge in [0.2, 0.25) is 0 Å². The molecule has 7 nitrogen and oxygen atoms in total. The Kier molecular flexibility index (Phi) is 4.38. The predicted octanol–water partition coefficient (Wildman–Crippen LogP) is 2.41. The molecule has 1 saturated heterocycles. The third-order valence-electron chi connectivity index (χ3n) is 4.83. The second kappa shape index (κ2) is 7.00. The lowest BCUT2D eigenvalue weighted by molar-refractivity contribution is 0.0741. The molecule has 27 heavy (non-hydrogen) atoms. The first-order valence-electron chi connectivity index (χ1n) is 8.75. The number of benzene rings is 1. The van der Waals surface area contributed by atoms with Gasteiger partial charge in [0.25, 0.3) is 5.91 Å². The molecule has 0 saturated carbocycles. The highest BCUT2D eigenvalue weighted by molar-refractivity contribution is 5.98. The quantitative estimate of drug-likeness (QED) is 0.774. The summed E-state index contributed by atoms with van der Waals surface area (Å²) in [6.07, 6.45) is 1.69. The number of methoxy groups -OCH3 is 1. The summed E-state index contributed by atoms with van der Waals surface area (Å²) in [5, 5.41) is 10.2. The number of hydrogen-bond donors (Lipinski definition) is 1. The number of H-pyrrole nitrogens is 1. The second-order valence-electron chi connectivity index (χ2n) is 6.40. The first-order chi connectivity index (χ1) is 13.2. The smallest absolute Gasteiger partial charge is 0.270 e. The Morgan fingerprint density at radius 2 is 2.04 bits per heavy atom. The number of amides is 1. The maximum Gasteiger partial charge on any atom is 0.270 e. The molecule has 3 heterocycles. The van der Waals surface area contributed by atoms with Crippen LogP contribution in [0.5, 0.6) is 5.75 Å². The molecule has 0 bridgehead atoms. The summed E-state index contributed by atoms with van der Waals surface area (Å²) in [5.41, 5.74) is 2.01. The number of ether oxygens (including phenoxy) is 1. The monoisotopic (exact) mass is 361 g/mol. The van der Waals surface area contributed by atoms with Gasteiger partial charge in [0, 0.05) is 49.3 Å². The Morgan fingerprint density at radius 1 is 1.22 bits per heavy atom. The van der Waals surface area contributed by atoms with Crippen molar-refractivity contribution < 1.29 is 9.53 Å². The fourth-order valence-corrected chi connectivity index (χ4v) is 3.38. The molecule has 0 aliphatic carbocycles. The van der Waals surface area contributed by atoms with Crippen molar-refractivity contribution in [2.45, 2.75) is 0 Å². The molecule has 1 aromatic carbocycles. The number of pyridine rings is 1. The van der Waals surface area contributed by atoms with Gasteiger partial charge in [0.15, 0.2) is 0 Å². The van der Waals surface area contributed by atoms with Gasteiger partial charge in [-0.25, -0.2) is 4.98 Å². The molecule has 136 valence electrons. The summed E-state index contributed by atoms with van der Waals surface area (Å²) >= 11 is 0. The maximum absolute atomic E-state index is 12.9. The summed E-state index contributed by atoms with van der Waals surface area (Å²) in [6.45, 7) is 2.45. The van der Waals surface area contributed by atoms with Crippen LogP contribution in [0.1, 0.15) is 16.1 Å². The third kappa shape index (κ3) is 3.17. The van der Waals surface area contributed by atoms with E-state index in [-0.39, 0.29) is 5.91 Å². The lowest BCUT2D eigenvalue weighted by Crippen LogP contribution is -2.49. The number of nitrogens with zero attached hydrogens (tertiary/aromatic N) is 4. The van der Waals surface area contributed by atoms with Gasteiger partial charge in [-0.1, -0.05) is 0 Å². The van der Waals surface area contributed by atoms with Crippen LogP contribution in [0.15, 0.2) is 42.6 Å². The molecule has 0 spiro atoms. The van der Waals surface area contributed by atoms with Crippen LogP contribution < -0.4 is 9.64 Å². The van der Waals surface area contributed by atoms with Crippen LogP contribution in [0.25, 0.3) is 10.9 Å². The lowest BCUT2D eigenvalue weighted by Gasteiger charge is -2.35. The SMILES string of the molecule is COc1ccc2cc(C(=O)N3CCN(c4ncccc4C#N)CC3)[nH]c2c1. The Morgan fingerprint density at radius 3 is 2.78 bits per heavy atom. The molecule has 0 radical (unpaired) electrons. The lowest BCUT2D eigenvalue weighted by atomic mass is 10.2. The van der Waals surface area contributed by atoms with Crippen molar-refractivity contribution in [2.24, 2.45) is 0 Å². The van der Waals surface area contributed by atoms with Crippen LogP contribution in [0.4, 0.5) is 5.82 Å². The molecule has 3 aromatic rings. The van der Waals surface area contributed by atoms with Gasteiger partial charge in [-0.15, -0.1) is 0 Å². The van der Waals surface area contributed by atoms with Crippen molar-refractivity contribution in [3.63, 3.8) is 0 Å². The summed E-state index contributed by atoms with van der Waals surface area (Å²) in [4.78, 5) is 24.3. The number of fused-ring (bicyclic) bond motifs is 1. The van der Waals surface area contributed by atoms with E-state index in [0.29, 0.717) is 43.3 Å². The van der Waals surface area contributed by atoms with E-state index in [0.717, 1.165) is 16.7 Å². The standard InChI is InChI=1S/C20H19N5O2/c1-27-16-5-4-14-11-18(23-17(14)12-16)20(26)25-9-7-24(8-10-25)19-15(13-21)3-2-6-22-19/h2-6,11-12,23H,7-10H2,1H3. The van der Waals surface area contributed by atoms with Crippen LogP contribution in [-0.2, 0) is 0 Å². The minimum absolute atomic E-state index is 0.0219. The molecule has 1 amide bonds. The van der Waals surface area contributed by atoms with E-state index >= 15 is 0 Å². The van der Waals surface area contributed by atoms with Gasteiger partial charge in [-0.3, -0.25) is 4.79 Å². The zero-order valence-corrected chi connectivity index (χ0v) is 15.0. The van der Waals surface area contributed by atoms with Crippen LogP contribution in [0, 0.1) is 11.3 Å². The van der Waals surface area contributed by atoms with Gasteiger partial charge < -0.3 is 19.5 Å². The summed E-state index contributed by atoms with van der Waals surface area (Å²) in [7, 11) is 1.62. The van der Waals surface area contributed by atoms with Crippen LogP contribution in [0.2, 0.25) is 0 Å². The topological polar surface area (TPSA) is 85.2 Å². The van der Waals surface area contributed by atoms with Crippen molar-refractivity contribution in [1.29, 1.82) is 5.26 Å². The highest BCUT2D eigenvalue weighted by Gasteiger charge is 2.25. The van der Waals surface area contributed by atoms with Crippen molar-refractivity contribution in [3.8, 4) is 11.8 Å². The Hall–Kier alpha value is -3.53. The van der Waals surface area contributed by atoms with Gasteiger partial charge in [-0.2, -0.15) is 5.26 Å². The van der Waals surface area contributed by atoms with Crippen molar-refractivity contribution in [2.75, 3.05) is 38.2 Å². The molecular formula is C20H19N5O2. The normalized spacial score (nSPS) is 14.2. The zero-order valence-electron chi connectivity index (χ0n) is 15.0. The number of nitrogens with one attached hydrogen (secondary N) is 1. The van der Waals surface area contributed by atoms with E-state index < -0.39 is 0 Å². The van der Waals surface area contributed by atoms with Gasteiger partial charge in [-0.05, 0) is 30.3 Å².